The van der Waals surface area contributed by atoms with E-state index in [0.29, 0.717) is 6.54 Å². The molecule has 0 amide bonds. The van der Waals surface area contributed by atoms with Gasteiger partial charge in [-0.05, 0) is 24.6 Å². The Morgan fingerprint density at radius 3 is 2.16 bits per heavy atom. The van der Waals surface area contributed by atoms with E-state index in [4.69, 9.17) is 0 Å². The molecule has 1 heterocycles. The molecule has 3 rings (SSSR count). The smallest absolute Gasteiger partial charge is 0.241 e. The van der Waals surface area contributed by atoms with Crippen LogP contribution in [0.1, 0.15) is 12.5 Å². The van der Waals surface area contributed by atoms with Gasteiger partial charge in [-0.3, -0.25) is 4.90 Å². The summed E-state index contributed by atoms with van der Waals surface area (Å²) < 4.78 is 28.8. The minimum Gasteiger partial charge on any atom is -0.314 e. The van der Waals surface area contributed by atoms with Crippen molar-refractivity contribution in [2.24, 2.45) is 0 Å². The van der Waals surface area contributed by atoms with E-state index in [0.717, 1.165) is 31.7 Å². The molecular weight excluding hydrogens is 334 g/mol. The highest BCUT2D eigenvalue weighted by Crippen LogP contribution is 2.25. The Morgan fingerprint density at radius 1 is 1.00 bits per heavy atom. The van der Waals surface area contributed by atoms with Gasteiger partial charge < -0.3 is 5.32 Å². The van der Waals surface area contributed by atoms with E-state index < -0.39 is 15.6 Å². The summed E-state index contributed by atoms with van der Waals surface area (Å²) in [4.78, 5) is 2.59. The maximum atomic E-state index is 12.9. The highest BCUT2D eigenvalue weighted by molar-refractivity contribution is 7.89. The van der Waals surface area contributed by atoms with Gasteiger partial charge in [-0.15, -0.1) is 0 Å². The fourth-order valence-corrected chi connectivity index (χ4v) is 4.67. The maximum absolute atomic E-state index is 12.9. The highest BCUT2D eigenvalue weighted by Gasteiger charge is 2.34. The van der Waals surface area contributed by atoms with Gasteiger partial charge in [0.25, 0.3) is 0 Å². The third-order valence-corrected chi connectivity index (χ3v) is 6.19. The van der Waals surface area contributed by atoms with Crippen molar-refractivity contribution in [2.75, 3.05) is 32.7 Å². The fourth-order valence-electron chi connectivity index (χ4n) is 3.26. The molecule has 0 spiro atoms. The summed E-state index contributed by atoms with van der Waals surface area (Å²) in [7, 11) is -3.61. The van der Waals surface area contributed by atoms with Crippen molar-refractivity contribution >= 4 is 10.0 Å². The first-order valence-electron chi connectivity index (χ1n) is 8.57. The topological polar surface area (TPSA) is 61.4 Å². The van der Waals surface area contributed by atoms with Crippen LogP contribution in [0.25, 0.3) is 0 Å². The molecule has 2 N–H and O–H groups in total. The Hall–Kier alpha value is -1.73. The Morgan fingerprint density at radius 2 is 1.56 bits per heavy atom. The van der Waals surface area contributed by atoms with Crippen molar-refractivity contribution in [2.45, 2.75) is 17.4 Å². The van der Waals surface area contributed by atoms with Crippen LogP contribution in [-0.2, 0) is 15.6 Å². The van der Waals surface area contributed by atoms with Crippen LogP contribution in [-0.4, -0.2) is 46.0 Å². The van der Waals surface area contributed by atoms with Gasteiger partial charge in [0.15, 0.2) is 0 Å². The zero-order valence-corrected chi connectivity index (χ0v) is 15.3. The molecule has 134 valence electrons. The number of nitrogens with zero attached hydrogens (tertiary/aromatic N) is 1. The summed E-state index contributed by atoms with van der Waals surface area (Å²) in [5, 5.41) is 3.33. The molecule has 0 aliphatic carbocycles. The van der Waals surface area contributed by atoms with Crippen LogP contribution in [0.5, 0.6) is 0 Å². The van der Waals surface area contributed by atoms with E-state index in [9.17, 15) is 8.42 Å². The van der Waals surface area contributed by atoms with Crippen LogP contribution >= 0.6 is 0 Å². The fraction of sp³-hybridized carbons (Fsp3) is 0.368. The van der Waals surface area contributed by atoms with Gasteiger partial charge in [-0.1, -0.05) is 48.5 Å². The van der Waals surface area contributed by atoms with Gasteiger partial charge in [0, 0.05) is 32.7 Å². The van der Waals surface area contributed by atoms with E-state index in [1.807, 2.05) is 43.3 Å². The van der Waals surface area contributed by atoms with Gasteiger partial charge in [0.2, 0.25) is 10.0 Å². The van der Waals surface area contributed by atoms with E-state index in [2.05, 4.69) is 14.9 Å². The van der Waals surface area contributed by atoms with Crippen LogP contribution < -0.4 is 10.0 Å². The van der Waals surface area contributed by atoms with Crippen molar-refractivity contribution in [1.82, 2.24) is 14.9 Å². The van der Waals surface area contributed by atoms with Crippen LogP contribution in [0.4, 0.5) is 0 Å². The molecule has 1 atom stereocenters. The molecule has 1 aliphatic rings. The SMILES string of the molecule is C[C@](CN1CCNCC1)(NS(=O)(=O)c1ccccc1)c1ccccc1. The average molecular weight is 359 g/mol. The van der Waals surface area contributed by atoms with Crippen molar-refractivity contribution in [1.29, 1.82) is 0 Å². The van der Waals surface area contributed by atoms with Gasteiger partial charge in [-0.25, -0.2) is 8.42 Å². The molecule has 0 unspecified atom stereocenters. The molecule has 0 saturated carbocycles. The number of rotatable bonds is 6. The minimum absolute atomic E-state index is 0.289. The molecule has 2 aromatic carbocycles. The van der Waals surface area contributed by atoms with Crippen molar-refractivity contribution in [3.05, 3.63) is 66.2 Å². The van der Waals surface area contributed by atoms with Crippen LogP contribution in [0, 0.1) is 0 Å². The Labute approximate surface area is 150 Å². The van der Waals surface area contributed by atoms with E-state index in [-0.39, 0.29) is 4.90 Å². The standard InChI is InChI=1S/C19H25N3O2S/c1-19(17-8-4-2-5-9-17,16-22-14-12-20-13-15-22)21-25(23,24)18-10-6-3-7-11-18/h2-11,20-21H,12-16H2,1H3/t19-/m1/s1. The van der Waals surface area contributed by atoms with Gasteiger partial charge in [0.1, 0.15) is 0 Å². The molecule has 25 heavy (non-hydrogen) atoms. The lowest BCUT2D eigenvalue weighted by Crippen LogP contribution is -2.54. The lowest BCUT2D eigenvalue weighted by molar-refractivity contribution is 0.186. The summed E-state index contributed by atoms with van der Waals surface area (Å²) in [6, 6.07) is 18.3. The molecule has 1 fully saturated rings. The Kier molecular flexibility index (Phi) is 5.54. The monoisotopic (exact) mass is 359 g/mol. The second kappa shape index (κ2) is 7.66. The van der Waals surface area contributed by atoms with Gasteiger partial charge in [0.05, 0.1) is 10.4 Å². The van der Waals surface area contributed by atoms with E-state index >= 15 is 0 Å². The number of nitrogens with one attached hydrogen (secondary N) is 2. The quantitative estimate of drug-likeness (QED) is 0.825. The maximum Gasteiger partial charge on any atom is 0.241 e. The lowest BCUT2D eigenvalue weighted by Gasteiger charge is -2.38. The summed E-state index contributed by atoms with van der Waals surface area (Å²) in [5.41, 5.74) is 0.265. The molecule has 0 radical (unpaired) electrons. The lowest BCUT2D eigenvalue weighted by atomic mass is 9.92. The summed E-state index contributed by atoms with van der Waals surface area (Å²) in [6.45, 7) is 6.27. The largest absolute Gasteiger partial charge is 0.314 e. The van der Waals surface area contributed by atoms with Crippen LogP contribution in [0.15, 0.2) is 65.6 Å². The number of sulfonamides is 1. The predicted molar refractivity (Wildman–Crippen MR) is 99.9 cm³/mol. The zero-order chi connectivity index (χ0) is 17.8. The first kappa shape index (κ1) is 18.1. The first-order chi connectivity index (χ1) is 12.0. The molecule has 6 heteroatoms. The second-order valence-electron chi connectivity index (χ2n) is 6.64. The van der Waals surface area contributed by atoms with Crippen molar-refractivity contribution in [3.8, 4) is 0 Å². The van der Waals surface area contributed by atoms with Crippen molar-refractivity contribution < 1.29 is 8.42 Å². The zero-order valence-electron chi connectivity index (χ0n) is 14.5. The summed E-state index contributed by atoms with van der Waals surface area (Å²) in [6.07, 6.45) is 0. The predicted octanol–water partition coefficient (Wildman–Crippen LogP) is 1.79. The number of benzene rings is 2. The Bertz CT molecular complexity index is 775. The third kappa shape index (κ3) is 4.46. The number of piperazine rings is 1. The van der Waals surface area contributed by atoms with Crippen molar-refractivity contribution in [3.63, 3.8) is 0 Å². The Balaban J connectivity index is 1.91. The molecule has 1 aliphatic heterocycles. The number of hydrogen-bond donors (Lipinski definition) is 2. The van der Waals surface area contributed by atoms with Crippen LogP contribution in [0.3, 0.4) is 0 Å². The molecular formula is C19H25N3O2S. The normalized spacial score (nSPS) is 18.6. The molecule has 0 aromatic heterocycles. The average Bonchev–Trinajstić information content (AvgIpc) is 2.63. The summed E-state index contributed by atoms with van der Waals surface area (Å²) in [5.74, 6) is 0. The van der Waals surface area contributed by atoms with Gasteiger partial charge in [-0.2, -0.15) is 4.72 Å². The minimum atomic E-state index is -3.61. The second-order valence-corrected chi connectivity index (χ2v) is 8.33. The molecule has 5 nitrogen and oxygen atoms in total. The number of hydrogen-bond acceptors (Lipinski definition) is 4. The first-order valence-corrected chi connectivity index (χ1v) is 10.1. The molecule has 2 aromatic rings. The highest BCUT2D eigenvalue weighted by atomic mass is 32.2. The molecule has 1 saturated heterocycles. The van der Waals surface area contributed by atoms with Crippen LogP contribution in [0.2, 0.25) is 0 Å². The summed E-state index contributed by atoms with van der Waals surface area (Å²) >= 11 is 0. The molecule has 0 bridgehead atoms. The van der Waals surface area contributed by atoms with E-state index in [1.165, 1.54) is 0 Å². The third-order valence-electron chi connectivity index (χ3n) is 4.57. The van der Waals surface area contributed by atoms with E-state index in [1.54, 1.807) is 24.3 Å². The van der Waals surface area contributed by atoms with Gasteiger partial charge >= 0.3 is 0 Å².